The molecule has 26 heavy (non-hydrogen) atoms. The molecular weight excluding hydrogens is 437 g/mol. The first-order chi connectivity index (χ1) is 12.5. The molecule has 1 heterocycles. The van der Waals surface area contributed by atoms with Gasteiger partial charge < -0.3 is 0 Å². The van der Waals surface area contributed by atoms with E-state index in [9.17, 15) is 0 Å². The molecule has 0 bridgehead atoms. The Labute approximate surface area is 170 Å². The minimum atomic E-state index is -2.21. The van der Waals surface area contributed by atoms with E-state index in [2.05, 4.69) is 41.5 Å². The summed E-state index contributed by atoms with van der Waals surface area (Å²) >= 11 is -4.05. The average molecular weight is 488 g/mol. The normalized spacial score (nSPS) is 21.0. The fraction of sp³-hybridized carbons (Fsp3) is 1.00. The Morgan fingerprint density at radius 2 is 1.12 bits per heavy atom. The molecule has 1 fully saturated rings. The molecule has 0 aromatic heterocycles. The van der Waals surface area contributed by atoms with Crippen LogP contribution in [0.15, 0.2) is 0 Å². The standard InChI is InChI=1S/C23H50Ge2O/c1-7-13-15-23(16-14-8-2)17-22-24(18-9-3,19-10-4)25(26-23,20-11-5)21-12-6/h7-22H2,1-6H3. The Hall–Kier alpha value is 1.05. The molecule has 1 aliphatic heterocycles. The first-order valence-electron chi connectivity index (χ1n) is 12.2. The molecule has 0 unspecified atom stereocenters. The maximum absolute atomic E-state index is 7.74. The van der Waals surface area contributed by atoms with Gasteiger partial charge in [0, 0.05) is 0 Å². The molecular formula is C23H50Ge2O. The van der Waals surface area contributed by atoms with Crippen LogP contribution in [-0.4, -0.2) is 28.5 Å². The van der Waals surface area contributed by atoms with Gasteiger partial charge in [-0.2, -0.15) is 0 Å². The number of rotatable bonds is 14. The van der Waals surface area contributed by atoms with Crippen LogP contribution in [0.5, 0.6) is 0 Å². The van der Waals surface area contributed by atoms with Crippen LogP contribution in [0.4, 0.5) is 0 Å². The van der Waals surface area contributed by atoms with Crippen LogP contribution in [0, 0.1) is 0 Å². The summed E-state index contributed by atoms with van der Waals surface area (Å²) in [5.74, 6) is 0. The first kappa shape index (κ1) is 25.1. The number of hydrogen-bond donors (Lipinski definition) is 0. The van der Waals surface area contributed by atoms with Crippen molar-refractivity contribution in [2.45, 2.75) is 144 Å². The Balaban J connectivity index is 3.29. The van der Waals surface area contributed by atoms with E-state index in [0.29, 0.717) is 5.60 Å². The molecule has 0 atom stereocenters. The van der Waals surface area contributed by atoms with E-state index in [1.807, 2.05) is 0 Å². The fourth-order valence-corrected chi connectivity index (χ4v) is 69.4. The van der Waals surface area contributed by atoms with Crippen molar-refractivity contribution in [2.75, 3.05) is 0 Å². The predicted octanol–water partition coefficient (Wildman–Crippen LogP) is 8.64. The summed E-state index contributed by atoms with van der Waals surface area (Å²) in [6.07, 6.45) is 15.2. The van der Waals surface area contributed by atoms with Gasteiger partial charge in [-0.1, -0.05) is 0 Å². The second-order valence-electron chi connectivity index (χ2n) is 9.27. The van der Waals surface area contributed by atoms with Gasteiger partial charge in [0.25, 0.3) is 0 Å². The SMILES string of the molecule is CCCCC1(CCCC)C[CH2][Ge]([CH2]CC)([CH2]CC)[Ge]([CH2]CC)([CH2]CC)[O]1. The summed E-state index contributed by atoms with van der Waals surface area (Å²) in [5, 5.41) is 8.01. The van der Waals surface area contributed by atoms with Crippen molar-refractivity contribution >= 4 is 22.9 Å². The maximum atomic E-state index is 7.74. The molecule has 0 aliphatic carbocycles. The van der Waals surface area contributed by atoms with Crippen LogP contribution in [0.3, 0.4) is 0 Å². The van der Waals surface area contributed by atoms with E-state index >= 15 is 0 Å². The molecule has 1 saturated heterocycles. The summed E-state index contributed by atoms with van der Waals surface area (Å²) in [7, 11) is 0. The van der Waals surface area contributed by atoms with Crippen molar-refractivity contribution in [1.29, 1.82) is 0 Å². The van der Waals surface area contributed by atoms with E-state index < -0.39 is 22.9 Å². The second-order valence-corrected chi connectivity index (χ2v) is 46.0. The second kappa shape index (κ2) is 12.6. The topological polar surface area (TPSA) is 9.23 Å². The Morgan fingerprint density at radius 3 is 1.50 bits per heavy atom. The van der Waals surface area contributed by atoms with Crippen LogP contribution in [-0.2, 0) is 3.76 Å². The third-order valence-corrected chi connectivity index (χ3v) is 62.9. The van der Waals surface area contributed by atoms with Crippen LogP contribution in [0.2, 0.25) is 26.3 Å². The molecule has 0 N–H and O–H groups in total. The molecule has 0 radical (unpaired) electrons. The van der Waals surface area contributed by atoms with Gasteiger partial charge in [-0.15, -0.1) is 0 Å². The van der Waals surface area contributed by atoms with E-state index in [-0.39, 0.29) is 0 Å². The molecule has 1 nitrogen and oxygen atoms in total. The van der Waals surface area contributed by atoms with Crippen LogP contribution < -0.4 is 0 Å². The fourth-order valence-electron chi connectivity index (χ4n) is 6.10. The van der Waals surface area contributed by atoms with Gasteiger partial charge >= 0.3 is 171 Å². The zero-order valence-electron chi connectivity index (χ0n) is 19.2. The van der Waals surface area contributed by atoms with Crippen molar-refractivity contribution in [3.8, 4) is 0 Å². The summed E-state index contributed by atoms with van der Waals surface area (Å²) in [4.78, 5) is 0. The Morgan fingerprint density at radius 1 is 0.654 bits per heavy atom. The average Bonchev–Trinajstić information content (AvgIpc) is 2.62. The molecule has 0 aromatic carbocycles. The van der Waals surface area contributed by atoms with Gasteiger partial charge in [0.05, 0.1) is 0 Å². The monoisotopic (exact) mass is 490 g/mol. The van der Waals surface area contributed by atoms with Crippen molar-refractivity contribution in [2.24, 2.45) is 0 Å². The third kappa shape index (κ3) is 6.02. The van der Waals surface area contributed by atoms with Gasteiger partial charge in [0.15, 0.2) is 0 Å². The zero-order valence-corrected chi connectivity index (χ0v) is 23.4. The van der Waals surface area contributed by atoms with E-state index in [0.717, 1.165) is 0 Å². The van der Waals surface area contributed by atoms with Crippen molar-refractivity contribution in [1.82, 2.24) is 0 Å². The Bertz CT molecular complexity index is 349. The van der Waals surface area contributed by atoms with Gasteiger partial charge in [-0.05, 0) is 0 Å². The molecule has 0 spiro atoms. The number of hydrogen-bond acceptors (Lipinski definition) is 1. The van der Waals surface area contributed by atoms with E-state index in [1.165, 1.54) is 81.1 Å². The molecule has 156 valence electrons. The summed E-state index contributed by atoms with van der Waals surface area (Å²) in [6.45, 7) is 14.5. The quantitative estimate of drug-likeness (QED) is 0.223. The predicted molar refractivity (Wildman–Crippen MR) is 124 cm³/mol. The first-order valence-corrected chi connectivity index (χ1v) is 27.0. The molecule has 3 heteroatoms. The van der Waals surface area contributed by atoms with Crippen LogP contribution >= 0.6 is 0 Å². The summed E-state index contributed by atoms with van der Waals surface area (Å²) in [6, 6.07) is 0. The summed E-state index contributed by atoms with van der Waals surface area (Å²) < 4.78 is 7.74. The Kier molecular flexibility index (Phi) is 12.1. The van der Waals surface area contributed by atoms with Crippen molar-refractivity contribution < 1.29 is 3.76 Å². The molecule has 1 aliphatic rings. The van der Waals surface area contributed by atoms with Gasteiger partial charge in [0.1, 0.15) is 0 Å². The van der Waals surface area contributed by atoms with Gasteiger partial charge in [-0.25, -0.2) is 0 Å². The molecule has 1 rings (SSSR count). The third-order valence-electron chi connectivity index (χ3n) is 7.17. The minimum absolute atomic E-state index is 0.298. The number of unbranched alkanes of at least 4 members (excludes halogenated alkanes) is 2. The van der Waals surface area contributed by atoms with Crippen LogP contribution in [0.1, 0.15) is 112 Å². The molecule has 0 aromatic rings. The van der Waals surface area contributed by atoms with Gasteiger partial charge in [0.2, 0.25) is 0 Å². The van der Waals surface area contributed by atoms with Crippen LogP contribution in [0.25, 0.3) is 0 Å². The van der Waals surface area contributed by atoms with Crippen molar-refractivity contribution in [3.05, 3.63) is 0 Å². The zero-order chi connectivity index (χ0) is 19.5. The van der Waals surface area contributed by atoms with E-state index in [4.69, 9.17) is 3.76 Å². The van der Waals surface area contributed by atoms with E-state index in [1.54, 1.807) is 15.8 Å². The summed E-state index contributed by atoms with van der Waals surface area (Å²) in [5.41, 5.74) is 0.298. The van der Waals surface area contributed by atoms with Gasteiger partial charge in [-0.3, -0.25) is 0 Å². The molecule has 0 amide bonds. The molecule has 0 saturated carbocycles. The van der Waals surface area contributed by atoms with Crippen molar-refractivity contribution in [3.63, 3.8) is 0 Å².